The summed E-state index contributed by atoms with van der Waals surface area (Å²) in [6, 6.07) is 6.02. The van der Waals surface area contributed by atoms with Crippen molar-refractivity contribution in [1.82, 2.24) is 19.4 Å². The van der Waals surface area contributed by atoms with Gasteiger partial charge in [-0.1, -0.05) is 19.9 Å². The summed E-state index contributed by atoms with van der Waals surface area (Å²) in [6.45, 7) is 7.63. The number of sulfonamides is 1. The van der Waals surface area contributed by atoms with E-state index in [9.17, 15) is 17.6 Å². The van der Waals surface area contributed by atoms with Crippen LogP contribution >= 0.6 is 0 Å². The minimum Gasteiger partial charge on any atom is -0.339 e. The minimum absolute atomic E-state index is 0.0445. The summed E-state index contributed by atoms with van der Waals surface area (Å²) < 4.78 is 40.1. The number of rotatable bonds is 6. The highest BCUT2D eigenvalue weighted by atomic mass is 32.2. The molecule has 2 aliphatic heterocycles. The molecule has 0 aliphatic carbocycles. The molecule has 1 amide bonds. The number of nitrogens with one attached hydrogen (secondary N) is 1. The number of piperazine rings is 1. The highest BCUT2D eigenvalue weighted by Crippen LogP contribution is 2.19. The molecule has 0 unspecified atom stereocenters. The van der Waals surface area contributed by atoms with Gasteiger partial charge in [-0.05, 0) is 31.0 Å². The van der Waals surface area contributed by atoms with Crippen molar-refractivity contribution in [3.05, 3.63) is 30.1 Å². The molecule has 0 radical (unpaired) electrons. The second-order valence-electron chi connectivity index (χ2n) is 8.11. The first-order valence-electron chi connectivity index (χ1n) is 10.3. The summed E-state index contributed by atoms with van der Waals surface area (Å²) in [6.07, 6.45) is 2.07. The maximum absolute atomic E-state index is 13.4. The molecule has 7 nitrogen and oxygen atoms in total. The Bertz CT molecular complexity index is 802. The van der Waals surface area contributed by atoms with E-state index < -0.39 is 15.8 Å². The smallest absolute Gasteiger partial charge is 0.243 e. The summed E-state index contributed by atoms with van der Waals surface area (Å²) in [5.41, 5.74) is 0. The zero-order chi connectivity index (χ0) is 21.0. The zero-order valence-corrected chi connectivity index (χ0v) is 18.0. The number of amides is 1. The number of carbonyl (C=O) groups excluding carboxylic acids is 1. The van der Waals surface area contributed by atoms with Crippen LogP contribution in [-0.2, 0) is 14.8 Å². The molecular weight excluding hydrogens is 395 g/mol. The lowest BCUT2D eigenvalue weighted by atomic mass is 10.0. The largest absolute Gasteiger partial charge is 0.339 e. The fourth-order valence-electron chi connectivity index (χ4n) is 3.97. The Kier molecular flexibility index (Phi) is 7.26. The van der Waals surface area contributed by atoms with Gasteiger partial charge < -0.3 is 10.2 Å². The van der Waals surface area contributed by atoms with Gasteiger partial charge in [0, 0.05) is 51.4 Å². The standard InChI is InChI=1S/C20H31FN4O3S/c1-16(2)22-18-6-8-23(9-7-18)15-20(26)24-10-12-25(13-11-24)29(27,28)19-5-3-4-17(21)14-19/h3-5,14,16,18,22H,6-13,15H2,1-2H3. The molecule has 162 valence electrons. The topological polar surface area (TPSA) is 73.0 Å². The van der Waals surface area contributed by atoms with Crippen molar-refractivity contribution in [2.24, 2.45) is 0 Å². The molecule has 0 bridgehead atoms. The summed E-state index contributed by atoms with van der Waals surface area (Å²) in [5.74, 6) is -0.532. The third-order valence-electron chi connectivity index (χ3n) is 5.54. The van der Waals surface area contributed by atoms with E-state index in [2.05, 4.69) is 24.1 Å². The maximum atomic E-state index is 13.4. The van der Waals surface area contributed by atoms with Gasteiger partial charge in [0.1, 0.15) is 5.82 Å². The van der Waals surface area contributed by atoms with Crippen LogP contribution in [0.5, 0.6) is 0 Å². The van der Waals surface area contributed by atoms with Gasteiger partial charge in [-0.25, -0.2) is 12.8 Å². The van der Waals surface area contributed by atoms with E-state index in [4.69, 9.17) is 0 Å². The number of halogens is 1. The number of carbonyl (C=O) groups is 1. The van der Waals surface area contributed by atoms with Crippen LogP contribution in [0.2, 0.25) is 0 Å². The van der Waals surface area contributed by atoms with Crippen molar-refractivity contribution in [2.45, 2.75) is 43.7 Å². The van der Waals surface area contributed by atoms with E-state index in [-0.39, 0.29) is 23.9 Å². The van der Waals surface area contributed by atoms with Crippen molar-refractivity contribution in [3.63, 3.8) is 0 Å². The van der Waals surface area contributed by atoms with Crippen LogP contribution in [0.1, 0.15) is 26.7 Å². The van der Waals surface area contributed by atoms with Gasteiger partial charge >= 0.3 is 0 Å². The van der Waals surface area contributed by atoms with Crippen LogP contribution in [0, 0.1) is 5.82 Å². The number of piperidine rings is 1. The molecule has 2 heterocycles. The molecule has 3 rings (SSSR count). The van der Waals surface area contributed by atoms with Crippen LogP contribution in [0.25, 0.3) is 0 Å². The molecule has 29 heavy (non-hydrogen) atoms. The Hall–Kier alpha value is -1.55. The van der Waals surface area contributed by atoms with E-state index in [1.807, 2.05) is 0 Å². The molecule has 2 aliphatic rings. The quantitative estimate of drug-likeness (QED) is 0.738. The SMILES string of the molecule is CC(C)NC1CCN(CC(=O)N2CCN(S(=O)(=O)c3cccc(F)c3)CC2)CC1. The number of benzene rings is 1. The fourth-order valence-corrected chi connectivity index (χ4v) is 5.43. The first kappa shape index (κ1) is 22.1. The molecule has 1 aromatic carbocycles. The Labute approximate surface area is 172 Å². The van der Waals surface area contributed by atoms with Crippen molar-refractivity contribution in [1.29, 1.82) is 0 Å². The van der Waals surface area contributed by atoms with Gasteiger partial charge in [-0.15, -0.1) is 0 Å². The minimum atomic E-state index is -3.74. The second-order valence-corrected chi connectivity index (χ2v) is 10.1. The van der Waals surface area contributed by atoms with Crippen LogP contribution < -0.4 is 5.32 Å². The Balaban J connectivity index is 1.47. The molecule has 0 atom stereocenters. The number of likely N-dealkylation sites (tertiary alicyclic amines) is 1. The average Bonchev–Trinajstić information content (AvgIpc) is 2.69. The highest BCUT2D eigenvalue weighted by molar-refractivity contribution is 7.89. The number of nitrogens with zero attached hydrogens (tertiary/aromatic N) is 3. The molecule has 1 N–H and O–H groups in total. The summed E-state index contributed by atoms with van der Waals surface area (Å²) in [7, 11) is -3.74. The molecule has 2 saturated heterocycles. The van der Waals surface area contributed by atoms with E-state index in [1.54, 1.807) is 4.90 Å². The predicted molar refractivity (Wildman–Crippen MR) is 109 cm³/mol. The number of hydrogen-bond acceptors (Lipinski definition) is 5. The van der Waals surface area contributed by atoms with Gasteiger partial charge in [0.25, 0.3) is 0 Å². The number of hydrogen-bond donors (Lipinski definition) is 1. The van der Waals surface area contributed by atoms with Crippen molar-refractivity contribution >= 4 is 15.9 Å². The summed E-state index contributed by atoms with van der Waals surface area (Å²) >= 11 is 0. The molecule has 0 saturated carbocycles. The van der Waals surface area contributed by atoms with E-state index in [0.29, 0.717) is 31.7 Å². The third-order valence-corrected chi connectivity index (χ3v) is 7.44. The Morgan fingerprint density at radius 1 is 1.14 bits per heavy atom. The average molecular weight is 427 g/mol. The maximum Gasteiger partial charge on any atom is 0.243 e. The van der Waals surface area contributed by atoms with Gasteiger partial charge in [-0.3, -0.25) is 9.69 Å². The lowest BCUT2D eigenvalue weighted by Gasteiger charge is -2.37. The van der Waals surface area contributed by atoms with Gasteiger partial charge in [0.2, 0.25) is 15.9 Å². The van der Waals surface area contributed by atoms with Crippen LogP contribution in [0.3, 0.4) is 0 Å². The summed E-state index contributed by atoms with van der Waals surface area (Å²) in [4.78, 5) is 16.5. The lowest BCUT2D eigenvalue weighted by molar-refractivity contribution is -0.133. The second kappa shape index (κ2) is 9.51. The first-order valence-corrected chi connectivity index (χ1v) is 11.7. The third kappa shape index (κ3) is 5.75. The molecule has 0 spiro atoms. The molecule has 2 fully saturated rings. The zero-order valence-electron chi connectivity index (χ0n) is 17.2. The van der Waals surface area contributed by atoms with Crippen LogP contribution in [-0.4, -0.2) is 86.3 Å². The predicted octanol–water partition coefficient (Wildman–Crippen LogP) is 1.12. The van der Waals surface area contributed by atoms with E-state index >= 15 is 0 Å². The normalized spacial score (nSPS) is 20.3. The van der Waals surface area contributed by atoms with Crippen molar-refractivity contribution < 1.29 is 17.6 Å². The van der Waals surface area contributed by atoms with Crippen LogP contribution in [0.4, 0.5) is 4.39 Å². The molecular formula is C20H31FN4O3S. The van der Waals surface area contributed by atoms with Crippen LogP contribution in [0.15, 0.2) is 29.2 Å². The van der Waals surface area contributed by atoms with Crippen molar-refractivity contribution in [2.75, 3.05) is 45.8 Å². The molecule has 9 heteroatoms. The lowest BCUT2D eigenvalue weighted by Crippen LogP contribution is -2.53. The molecule has 0 aromatic heterocycles. The van der Waals surface area contributed by atoms with Crippen molar-refractivity contribution in [3.8, 4) is 0 Å². The fraction of sp³-hybridized carbons (Fsp3) is 0.650. The van der Waals surface area contributed by atoms with E-state index in [1.165, 1.54) is 22.5 Å². The van der Waals surface area contributed by atoms with E-state index in [0.717, 1.165) is 32.0 Å². The van der Waals surface area contributed by atoms with Gasteiger partial charge in [0.05, 0.1) is 11.4 Å². The Morgan fingerprint density at radius 2 is 1.79 bits per heavy atom. The summed E-state index contributed by atoms with van der Waals surface area (Å²) in [5, 5.41) is 3.55. The molecule has 1 aromatic rings. The first-order chi connectivity index (χ1) is 13.8. The van der Waals surface area contributed by atoms with Gasteiger partial charge in [-0.2, -0.15) is 4.31 Å². The van der Waals surface area contributed by atoms with Gasteiger partial charge in [0.15, 0.2) is 0 Å². The monoisotopic (exact) mass is 426 g/mol. The highest BCUT2D eigenvalue weighted by Gasteiger charge is 2.31. The Morgan fingerprint density at radius 3 is 2.38 bits per heavy atom.